The monoisotopic (exact) mass is 363 g/mol. The Balaban J connectivity index is 1.88. The summed E-state index contributed by atoms with van der Waals surface area (Å²) in [4.78, 5) is 20.5. The van der Waals surface area contributed by atoms with Crippen molar-refractivity contribution in [2.45, 2.75) is 25.3 Å². The van der Waals surface area contributed by atoms with Crippen LogP contribution in [0.1, 0.15) is 30.9 Å². The number of aromatic nitrogens is 2. The molecule has 8 nitrogen and oxygen atoms in total. The van der Waals surface area contributed by atoms with Crippen LogP contribution in [0.25, 0.3) is 0 Å². The molecular weight excluding hydrogens is 330 g/mol. The van der Waals surface area contributed by atoms with Crippen molar-refractivity contribution in [1.29, 1.82) is 0 Å². The van der Waals surface area contributed by atoms with Crippen LogP contribution in [0.3, 0.4) is 0 Å². The average Bonchev–Trinajstić information content (AvgIpc) is 3.05. The number of carbonyl (C=O) groups excluding carboxylic acids is 1. The number of likely N-dealkylation sites (tertiary alicyclic amines) is 1. The van der Waals surface area contributed by atoms with Crippen LogP contribution >= 0.6 is 0 Å². The molecule has 0 aromatic carbocycles. The number of aliphatic imine (C=N–C) groups is 1. The van der Waals surface area contributed by atoms with Gasteiger partial charge < -0.3 is 20.4 Å². The molecule has 26 heavy (non-hydrogen) atoms. The summed E-state index contributed by atoms with van der Waals surface area (Å²) >= 11 is 0. The molecule has 1 aliphatic rings. The van der Waals surface area contributed by atoms with E-state index < -0.39 is 0 Å². The first kappa shape index (κ1) is 20.2. The van der Waals surface area contributed by atoms with Crippen LogP contribution in [-0.2, 0) is 11.8 Å². The number of amides is 1. The highest BCUT2D eigenvalue weighted by Crippen LogP contribution is 2.21. The summed E-state index contributed by atoms with van der Waals surface area (Å²) in [6.07, 6.45) is 6.64. The number of carbonyl (C=O) groups is 1. The zero-order valence-electron chi connectivity index (χ0n) is 16.7. The largest absolute Gasteiger partial charge is 0.359 e. The molecule has 1 unspecified atom stereocenters. The molecule has 1 aliphatic heterocycles. The fourth-order valence-corrected chi connectivity index (χ4v) is 3.44. The van der Waals surface area contributed by atoms with Gasteiger partial charge in [-0.05, 0) is 32.9 Å². The van der Waals surface area contributed by atoms with Gasteiger partial charge in [-0.3, -0.25) is 14.5 Å². The van der Waals surface area contributed by atoms with E-state index in [0.29, 0.717) is 12.3 Å². The molecule has 0 saturated carbocycles. The van der Waals surface area contributed by atoms with Gasteiger partial charge in [0.05, 0.1) is 12.2 Å². The quantitative estimate of drug-likeness (QED) is 0.567. The molecule has 1 amide bonds. The number of likely N-dealkylation sites (N-methyl/N-ethyl adjacent to an activating group) is 1. The van der Waals surface area contributed by atoms with E-state index in [9.17, 15) is 4.79 Å². The van der Waals surface area contributed by atoms with Crippen LogP contribution in [0.15, 0.2) is 17.4 Å². The molecule has 0 aliphatic carbocycles. The molecule has 2 rings (SSSR count). The van der Waals surface area contributed by atoms with E-state index in [4.69, 9.17) is 0 Å². The number of nitrogens with one attached hydrogen (secondary N) is 2. The van der Waals surface area contributed by atoms with Crippen molar-refractivity contribution in [2.24, 2.45) is 18.0 Å². The van der Waals surface area contributed by atoms with E-state index in [1.165, 1.54) is 5.56 Å². The third-order valence-corrected chi connectivity index (χ3v) is 5.07. The van der Waals surface area contributed by atoms with Gasteiger partial charge in [-0.25, -0.2) is 0 Å². The SMILES string of the molecule is CN=C(NCC(c1cnn(C)c1)N(C)C)N1CCC(CC(=O)NC)CC1. The molecule has 8 heteroatoms. The molecular formula is C18H33N7O. The lowest BCUT2D eigenvalue weighted by Crippen LogP contribution is -2.47. The Bertz CT molecular complexity index is 602. The first-order valence-corrected chi connectivity index (χ1v) is 9.25. The lowest BCUT2D eigenvalue weighted by molar-refractivity contribution is -0.121. The first-order chi connectivity index (χ1) is 12.4. The van der Waals surface area contributed by atoms with Crippen molar-refractivity contribution < 1.29 is 4.79 Å². The van der Waals surface area contributed by atoms with E-state index in [0.717, 1.165) is 38.4 Å². The Morgan fingerprint density at radius 2 is 2.12 bits per heavy atom. The molecule has 0 spiro atoms. The van der Waals surface area contributed by atoms with Gasteiger partial charge >= 0.3 is 0 Å². The van der Waals surface area contributed by atoms with Crippen molar-refractivity contribution in [3.8, 4) is 0 Å². The number of guanidine groups is 1. The predicted molar refractivity (Wildman–Crippen MR) is 104 cm³/mol. The average molecular weight is 364 g/mol. The second kappa shape index (κ2) is 9.56. The highest BCUT2D eigenvalue weighted by atomic mass is 16.1. The Morgan fingerprint density at radius 1 is 1.42 bits per heavy atom. The van der Waals surface area contributed by atoms with Gasteiger partial charge in [0.15, 0.2) is 5.96 Å². The molecule has 1 aromatic rings. The van der Waals surface area contributed by atoms with Gasteiger partial charge in [-0.2, -0.15) is 5.10 Å². The number of rotatable bonds is 6. The summed E-state index contributed by atoms with van der Waals surface area (Å²) < 4.78 is 1.83. The first-order valence-electron chi connectivity index (χ1n) is 9.25. The van der Waals surface area contributed by atoms with Crippen molar-refractivity contribution in [3.63, 3.8) is 0 Å². The van der Waals surface area contributed by atoms with Crippen LogP contribution in [0.5, 0.6) is 0 Å². The summed E-state index contributed by atoms with van der Waals surface area (Å²) in [5.41, 5.74) is 1.18. The van der Waals surface area contributed by atoms with Crippen molar-refractivity contribution in [1.82, 2.24) is 30.2 Å². The molecule has 0 radical (unpaired) electrons. The van der Waals surface area contributed by atoms with Gasteiger partial charge in [0.25, 0.3) is 0 Å². The number of hydrogen-bond donors (Lipinski definition) is 2. The van der Waals surface area contributed by atoms with E-state index in [-0.39, 0.29) is 11.9 Å². The van der Waals surface area contributed by atoms with Gasteiger partial charge in [0, 0.05) is 59.0 Å². The third-order valence-electron chi connectivity index (χ3n) is 5.07. The standard InChI is InChI=1S/C18H33N7O/c1-19-17(26)10-14-6-8-25(9-7-14)18(20-2)21-12-16(23(3)4)15-11-22-24(5)13-15/h11,13-14,16H,6-10,12H2,1-5H3,(H,19,26)(H,20,21). The Kier molecular flexibility index (Phi) is 7.44. The molecule has 2 heterocycles. The molecule has 1 saturated heterocycles. The van der Waals surface area contributed by atoms with E-state index in [2.05, 4.69) is 50.8 Å². The van der Waals surface area contributed by atoms with Gasteiger partial charge in [-0.15, -0.1) is 0 Å². The molecule has 0 bridgehead atoms. The lowest BCUT2D eigenvalue weighted by Gasteiger charge is -2.35. The molecule has 146 valence electrons. The van der Waals surface area contributed by atoms with Crippen molar-refractivity contribution in [2.75, 3.05) is 47.8 Å². The predicted octanol–water partition coefficient (Wildman–Crippen LogP) is 0.446. The van der Waals surface area contributed by atoms with Crippen molar-refractivity contribution >= 4 is 11.9 Å². The third kappa shape index (κ3) is 5.45. The normalized spacial score (nSPS) is 17.5. The van der Waals surface area contributed by atoms with Gasteiger partial charge in [-0.1, -0.05) is 0 Å². The van der Waals surface area contributed by atoms with Crippen LogP contribution in [0.2, 0.25) is 0 Å². The van der Waals surface area contributed by atoms with Crippen LogP contribution in [0.4, 0.5) is 0 Å². The molecule has 1 aromatic heterocycles. The van der Waals surface area contributed by atoms with Gasteiger partial charge in [0.2, 0.25) is 5.91 Å². The second-order valence-electron chi connectivity index (χ2n) is 7.16. The zero-order valence-corrected chi connectivity index (χ0v) is 16.7. The number of hydrogen-bond acceptors (Lipinski definition) is 4. The number of piperidine rings is 1. The maximum atomic E-state index is 11.6. The van der Waals surface area contributed by atoms with E-state index in [1.54, 1.807) is 7.05 Å². The van der Waals surface area contributed by atoms with E-state index >= 15 is 0 Å². The molecule has 1 fully saturated rings. The fraction of sp³-hybridized carbons (Fsp3) is 0.722. The summed E-state index contributed by atoms with van der Waals surface area (Å²) in [6, 6.07) is 0.228. The number of nitrogens with zero attached hydrogens (tertiary/aromatic N) is 5. The second-order valence-corrected chi connectivity index (χ2v) is 7.16. The molecule has 2 N–H and O–H groups in total. The Hall–Kier alpha value is -2.09. The summed E-state index contributed by atoms with van der Waals surface area (Å²) in [7, 11) is 9.62. The zero-order chi connectivity index (χ0) is 19.1. The number of aryl methyl sites for hydroxylation is 1. The maximum absolute atomic E-state index is 11.6. The van der Waals surface area contributed by atoms with Gasteiger partial charge in [0.1, 0.15) is 0 Å². The summed E-state index contributed by atoms with van der Waals surface area (Å²) in [5, 5.41) is 10.5. The Morgan fingerprint density at radius 3 is 2.62 bits per heavy atom. The minimum absolute atomic E-state index is 0.135. The smallest absolute Gasteiger partial charge is 0.220 e. The fourth-order valence-electron chi connectivity index (χ4n) is 3.44. The topological polar surface area (TPSA) is 77.8 Å². The summed E-state index contributed by atoms with van der Waals surface area (Å²) in [6.45, 7) is 2.63. The summed E-state index contributed by atoms with van der Waals surface area (Å²) in [5.74, 6) is 1.53. The lowest BCUT2D eigenvalue weighted by atomic mass is 9.93. The highest BCUT2D eigenvalue weighted by Gasteiger charge is 2.24. The molecule has 1 atom stereocenters. The Labute approximate surface area is 156 Å². The van der Waals surface area contributed by atoms with Crippen LogP contribution in [-0.4, -0.2) is 79.3 Å². The van der Waals surface area contributed by atoms with Crippen molar-refractivity contribution in [3.05, 3.63) is 18.0 Å². The van der Waals surface area contributed by atoms with Crippen LogP contribution < -0.4 is 10.6 Å². The minimum atomic E-state index is 0.135. The van der Waals surface area contributed by atoms with E-state index in [1.807, 2.05) is 25.0 Å². The minimum Gasteiger partial charge on any atom is -0.359 e. The maximum Gasteiger partial charge on any atom is 0.220 e. The highest BCUT2D eigenvalue weighted by molar-refractivity contribution is 5.80. The van der Waals surface area contributed by atoms with Crippen LogP contribution in [0, 0.1) is 5.92 Å².